The average Bonchev–Trinajstić information content (AvgIpc) is 2.61. The summed E-state index contributed by atoms with van der Waals surface area (Å²) in [6.45, 7) is 2.12. The fourth-order valence-electron chi connectivity index (χ4n) is 2.77. The molecule has 0 fully saturated rings. The molecule has 0 aromatic heterocycles. The van der Waals surface area contributed by atoms with E-state index in [9.17, 15) is 14.0 Å². The molecule has 2 rings (SSSR count). The van der Waals surface area contributed by atoms with Crippen LogP contribution in [-0.4, -0.2) is 30.1 Å². The number of halogens is 1. The van der Waals surface area contributed by atoms with Gasteiger partial charge in [0.15, 0.2) is 6.61 Å². The lowest BCUT2D eigenvalue weighted by Gasteiger charge is -2.12. The molecule has 0 heterocycles. The standard InChI is InChI=1S/C21H24FNO4/c1-15(11-17-3-2-4-18(22)13-17)12-20(24)23-10-9-16-5-7-19(8-6-16)27-14-21(25)26/h2-8,13,15H,9-12,14H2,1H3,(H,23,24)(H,25,26). The minimum absolute atomic E-state index is 0.0275. The molecule has 1 atom stereocenters. The predicted molar refractivity (Wildman–Crippen MR) is 100 cm³/mol. The third-order valence-corrected chi connectivity index (χ3v) is 4.03. The zero-order valence-corrected chi connectivity index (χ0v) is 15.3. The summed E-state index contributed by atoms with van der Waals surface area (Å²) in [6, 6.07) is 13.6. The third kappa shape index (κ3) is 7.90. The molecule has 6 heteroatoms. The minimum atomic E-state index is -1.02. The molecule has 0 radical (unpaired) electrons. The van der Waals surface area contributed by atoms with E-state index in [4.69, 9.17) is 9.84 Å². The van der Waals surface area contributed by atoms with Crippen LogP contribution in [0.3, 0.4) is 0 Å². The maximum atomic E-state index is 13.2. The van der Waals surface area contributed by atoms with Crippen LogP contribution in [0.2, 0.25) is 0 Å². The van der Waals surface area contributed by atoms with Crippen molar-refractivity contribution in [2.45, 2.75) is 26.2 Å². The highest BCUT2D eigenvalue weighted by molar-refractivity contribution is 5.76. The first-order valence-corrected chi connectivity index (χ1v) is 8.87. The molecule has 27 heavy (non-hydrogen) atoms. The van der Waals surface area contributed by atoms with Crippen LogP contribution in [0.4, 0.5) is 4.39 Å². The average molecular weight is 373 g/mol. The fraction of sp³-hybridized carbons (Fsp3) is 0.333. The number of aliphatic carboxylic acids is 1. The molecule has 5 nitrogen and oxygen atoms in total. The number of hydrogen-bond donors (Lipinski definition) is 2. The van der Waals surface area contributed by atoms with Crippen molar-refractivity contribution in [1.82, 2.24) is 5.32 Å². The highest BCUT2D eigenvalue weighted by atomic mass is 19.1. The van der Waals surface area contributed by atoms with Gasteiger partial charge < -0.3 is 15.2 Å². The van der Waals surface area contributed by atoms with Crippen LogP contribution in [0.1, 0.15) is 24.5 Å². The van der Waals surface area contributed by atoms with Gasteiger partial charge in [0.25, 0.3) is 0 Å². The van der Waals surface area contributed by atoms with E-state index in [1.54, 1.807) is 18.2 Å². The lowest BCUT2D eigenvalue weighted by Crippen LogP contribution is -2.27. The molecule has 0 bridgehead atoms. The summed E-state index contributed by atoms with van der Waals surface area (Å²) >= 11 is 0. The van der Waals surface area contributed by atoms with Gasteiger partial charge in [0, 0.05) is 13.0 Å². The number of hydrogen-bond acceptors (Lipinski definition) is 3. The van der Waals surface area contributed by atoms with Gasteiger partial charge in [-0.2, -0.15) is 0 Å². The van der Waals surface area contributed by atoms with Gasteiger partial charge in [0.1, 0.15) is 11.6 Å². The van der Waals surface area contributed by atoms with Crippen molar-refractivity contribution in [3.63, 3.8) is 0 Å². The van der Waals surface area contributed by atoms with Gasteiger partial charge in [-0.1, -0.05) is 31.2 Å². The van der Waals surface area contributed by atoms with Crippen molar-refractivity contribution in [3.8, 4) is 5.75 Å². The number of carboxylic acid groups (broad SMARTS) is 1. The van der Waals surface area contributed by atoms with Crippen LogP contribution < -0.4 is 10.1 Å². The quantitative estimate of drug-likeness (QED) is 0.671. The normalized spacial score (nSPS) is 11.6. The Labute approximate surface area is 158 Å². The largest absolute Gasteiger partial charge is 0.482 e. The number of ether oxygens (including phenoxy) is 1. The molecule has 1 amide bonds. The maximum Gasteiger partial charge on any atom is 0.341 e. The Kier molecular flexibility index (Phi) is 7.79. The van der Waals surface area contributed by atoms with Crippen molar-refractivity contribution < 1.29 is 23.8 Å². The van der Waals surface area contributed by atoms with E-state index >= 15 is 0 Å². The maximum absolute atomic E-state index is 13.2. The monoisotopic (exact) mass is 373 g/mol. The summed E-state index contributed by atoms with van der Waals surface area (Å²) in [7, 11) is 0. The van der Waals surface area contributed by atoms with Crippen LogP contribution in [0.5, 0.6) is 5.75 Å². The number of carbonyl (C=O) groups is 2. The van der Waals surface area contributed by atoms with Crippen LogP contribution in [0.25, 0.3) is 0 Å². The smallest absolute Gasteiger partial charge is 0.341 e. The first kappa shape index (κ1) is 20.4. The Morgan fingerprint density at radius 1 is 1.15 bits per heavy atom. The second kappa shape index (κ2) is 10.3. The van der Waals surface area contributed by atoms with E-state index in [0.29, 0.717) is 31.6 Å². The Balaban J connectivity index is 1.68. The number of amides is 1. The second-order valence-electron chi connectivity index (χ2n) is 6.57. The highest BCUT2D eigenvalue weighted by Gasteiger charge is 2.10. The molecule has 0 saturated carbocycles. The Morgan fingerprint density at radius 3 is 2.56 bits per heavy atom. The van der Waals surface area contributed by atoms with Gasteiger partial charge in [0.05, 0.1) is 0 Å². The van der Waals surface area contributed by atoms with E-state index in [2.05, 4.69) is 5.32 Å². The number of carboxylic acids is 1. The van der Waals surface area contributed by atoms with Crippen molar-refractivity contribution >= 4 is 11.9 Å². The first-order valence-electron chi connectivity index (χ1n) is 8.87. The van der Waals surface area contributed by atoms with Crippen molar-refractivity contribution in [3.05, 3.63) is 65.5 Å². The second-order valence-corrected chi connectivity index (χ2v) is 6.57. The lowest BCUT2D eigenvalue weighted by atomic mass is 9.97. The molecule has 0 saturated heterocycles. The van der Waals surface area contributed by atoms with Crippen LogP contribution >= 0.6 is 0 Å². The highest BCUT2D eigenvalue weighted by Crippen LogP contribution is 2.14. The van der Waals surface area contributed by atoms with Gasteiger partial charge in [-0.3, -0.25) is 4.79 Å². The number of rotatable bonds is 10. The molecular weight excluding hydrogens is 349 g/mol. The minimum Gasteiger partial charge on any atom is -0.482 e. The van der Waals surface area contributed by atoms with E-state index in [-0.39, 0.29) is 24.2 Å². The van der Waals surface area contributed by atoms with Crippen LogP contribution in [-0.2, 0) is 22.4 Å². The van der Waals surface area contributed by atoms with E-state index in [0.717, 1.165) is 11.1 Å². The summed E-state index contributed by atoms with van der Waals surface area (Å²) in [6.07, 6.45) is 1.71. The van der Waals surface area contributed by atoms with Crippen molar-refractivity contribution in [2.24, 2.45) is 5.92 Å². The lowest BCUT2D eigenvalue weighted by molar-refractivity contribution is -0.139. The molecule has 0 aliphatic rings. The molecule has 0 aliphatic carbocycles. The molecule has 2 aromatic rings. The molecule has 0 aliphatic heterocycles. The summed E-state index contributed by atoms with van der Waals surface area (Å²) in [5.74, 6) is -0.689. The van der Waals surface area contributed by atoms with Gasteiger partial charge in [-0.15, -0.1) is 0 Å². The molecule has 144 valence electrons. The van der Waals surface area contributed by atoms with Crippen LogP contribution in [0.15, 0.2) is 48.5 Å². The van der Waals surface area contributed by atoms with E-state index < -0.39 is 5.97 Å². The number of nitrogens with one attached hydrogen (secondary N) is 1. The number of carbonyl (C=O) groups excluding carboxylic acids is 1. The van der Waals surface area contributed by atoms with Crippen molar-refractivity contribution in [1.29, 1.82) is 0 Å². The summed E-state index contributed by atoms with van der Waals surface area (Å²) < 4.78 is 18.3. The van der Waals surface area contributed by atoms with Gasteiger partial charge in [0.2, 0.25) is 5.91 Å². The Hall–Kier alpha value is -2.89. The Bertz CT molecular complexity index is 761. The zero-order chi connectivity index (χ0) is 19.6. The summed E-state index contributed by atoms with van der Waals surface area (Å²) in [5.41, 5.74) is 1.91. The fourth-order valence-corrected chi connectivity index (χ4v) is 2.77. The topological polar surface area (TPSA) is 75.6 Å². The molecular formula is C21H24FNO4. The molecule has 2 aromatic carbocycles. The van der Waals surface area contributed by atoms with Gasteiger partial charge >= 0.3 is 5.97 Å². The zero-order valence-electron chi connectivity index (χ0n) is 15.3. The van der Waals surface area contributed by atoms with E-state index in [1.165, 1.54) is 12.1 Å². The Morgan fingerprint density at radius 2 is 1.89 bits per heavy atom. The predicted octanol–water partition coefficient (Wildman–Crippen LogP) is 3.22. The van der Waals surface area contributed by atoms with Crippen LogP contribution in [0, 0.1) is 11.7 Å². The number of benzene rings is 2. The molecule has 1 unspecified atom stereocenters. The van der Waals surface area contributed by atoms with Gasteiger partial charge in [-0.05, 0) is 54.2 Å². The third-order valence-electron chi connectivity index (χ3n) is 4.03. The molecule has 0 spiro atoms. The SMILES string of the molecule is CC(CC(=O)NCCc1ccc(OCC(=O)O)cc1)Cc1cccc(F)c1. The summed E-state index contributed by atoms with van der Waals surface area (Å²) in [5, 5.41) is 11.5. The molecule has 2 N–H and O–H groups in total. The van der Waals surface area contributed by atoms with Gasteiger partial charge in [-0.25, -0.2) is 9.18 Å². The summed E-state index contributed by atoms with van der Waals surface area (Å²) in [4.78, 5) is 22.5. The first-order chi connectivity index (χ1) is 12.9. The van der Waals surface area contributed by atoms with Crippen molar-refractivity contribution in [2.75, 3.05) is 13.2 Å². The van der Waals surface area contributed by atoms with E-state index in [1.807, 2.05) is 25.1 Å².